The van der Waals surface area contributed by atoms with Crippen molar-refractivity contribution in [2.24, 2.45) is 0 Å². The van der Waals surface area contributed by atoms with Gasteiger partial charge in [0.2, 0.25) is 0 Å². The van der Waals surface area contributed by atoms with Gasteiger partial charge >= 0.3 is 6.03 Å². The van der Waals surface area contributed by atoms with Crippen molar-refractivity contribution in [2.75, 3.05) is 26.2 Å². The van der Waals surface area contributed by atoms with Gasteiger partial charge in [0, 0.05) is 13.1 Å². The van der Waals surface area contributed by atoms with Crippen LogP contribution in [0.5, 0.6) is 5.75 Å². The largest absolute Gasteiger partial charge is 0.508 e. The third kappa shape index (κ3) is 3.18. The summed E-state index contributed by atoms with van der Waals surface area (Å²) in [6.45, 7) is 3.18. The first kappa shape index (κ1) is 17.3. The lowest BCUT2D eigenvalue weighted by atomic mass is 9.89. The van der Waals surface area contributed by atoms with Crippen LogP contribution in [0, 0.1) is 0 Å². The van der Waals surface area contributed by atoms with Gasteiger partial charge in [-0.2, -0.15) is 0 Å². The second-order valence-corrected chi connectivity index (χ2v) is 7.88. The number of likely N-dealkylation sites (tertiary alicyclic amines) is 1. The van der Waals surface area contributed by atoms with Crippen LogP contribution in [0.1, 0.15) is 50.0 Å². The molecule has 1 aromatic carbocycles. The van der Waals surface area contributed by atoms with Gasteiger partial charge < -0.3 is 15.3 Å². The van der Waals surface area contributed by atoms with Gasteiger partial charge in [-0.25, -0.2) is 4.79 Å². The number of carbonyl (C=O) groups is 2. The highest BCUT2D eigenvalue weighted by Gasteiger charge is 2.52. The zero-order valence-electron chi connectivity index (χ0n) is 15.1. The Balaban J connectivity index is 1.28. The number of rotatable bonds is 4. The molecular weight excluding hydrogens is 330 g/mol. The van der Waals surface area contributed by atoms with Gasteiger partial charge in [0.1, 0.15) is 11.3 Å². The molecule has 2 aliphatic heterocycles. The molecule has 140 valence electrons. The first-order valence-corrected chi connectivity index (χ1v) is 9.73. The molecule has 2 N–H and O–H groups in total. The minimum atomic E-state index is -0.594. The molecule has 0 atom stereocenters. The summed E-state index contributed by atoms with van der Waals surface area (Å²) in [4.78, 5) is 28.7. The van der Waals surface area contributed by atoms with E-state index < -0.39 is 5.54 Å². The lowest BCUT2D eigenvalue weighted by Crippen LogP contribution is -2.45. The van der Waals surface area contributed by atoms with E-state index in [1.54, 1.807) is 12.1 Å². The van der Waals surface area contributed by atoms with Gasteiger partial charge in [-0.1, -0.05) is 25.0 Å². The number of aromatic hydroxyl groups is 1. The summed E-state index contributed by atoms with van der Waals surface area (Å²) in [5.41, 5.74) is 0.683. The van der Waals surface area contributed by atoms with Crippen LogP contribution in [-0.4, -0.2) is 58.6 Å². The number of nitrogens with one attached hydrogen (secondary N) is 1. The van der Waals surface area contributed by atoms with Crippen molar-refractivity contribution in [3.05, 3.63) is 29.8 Å². The molecule has 0 radical (unpaired) electrons. The van der Waals surface area contributed by atoms with E-state index in [4.69, 9.17) is 0 Å². The van der Waals surface area contributed by atoms with E-state index in [1.807, 2.05) is 12.1 Å². The Kier molecular flexibility index (Phi) is 4.61. The molecule has 4 rings (SSSR count). The number of piperidine rings is 1. The Morgan fingerprint density at radius 2 is 1.69 bits per heavy atom. The predicted octanol–water partition coefficient (Wildman–Crippen LogP) is 2.44. The molecule has 2 heterocycles. The van der Waals surface area contributed by atoms with Gasteiger partial charge in [0.05, 0.1) is 0 Å². The number of amides is 3. The molecule has 2 saturated heterocycles. The standard InChI is InChI=1S/C20H27N3O3/c24-17-5-3-15(4-6-17)16-7-11-22(12-8-16)13-14-23-18(25)20(21-19(23)26)9-1-2-10-20/h3-6,16,24H,1-2,7-14H2,(H,21,26). The highest BCUT2D eigenvalue weighted by Crippen LogP contribution is 2.35. The molecule has 3 fully saturated rings. The molecular formula is C20H27N3O3. The van der Waals surface area contributed by atoms with Crippen LogP contribution in [-0.2, 0) is 4.79 Å². The quantitative estimate of drug-likeness (QED) is 0.812. The van der Waals surface area contributed by atoms with Crippen molar-refractivity contribution in [1.82, 2.24) is 15.1 Å². The van der Waals surface area contributed by atoms with Crippen molar-refractivity contribution in [2.45, 2.75) is 50.0 Å². The maximum absolute atomic E-state index is 12.7. The van der Waals surface area contributed by atoms with Crippen molar-refractivity contribution < 1.29 is 14.7 Å². The Morgan fingerprint density at radius 1 is 1.04 bits per heavy atom. The molecule has 0 bridgehead atoms. The van der Waals surface area contributed by atoms with E-state index in [-0.39, 0.29) is 11.9 Å². The fourth-order valence-electron chi connectivity index (χ4n) is 4.67. The summed E-state index contributed by atoms with van der Waals surface area (Å²) >= 11 is 0. The summed E-state index contributed by atoms with van der Waals surface area (Å²) in [5.74, 6) is 0.809. The zero-order valence-corrected chi connectivity index (χ0v) is 15.1. The van der Waals surface area contributed by atoms with Crippen LogP contribution >= 0.6 is 0 Å². The third-order valence-corrected chi connectivity index (χ3v) is 6.29. The van der Waals surface area contributed by atoms with E-state index in [1.165, 1.54) is 10.5 Å². The lowest BCUT2D eigenvalue weighted by molar-refractivity contribution is -0.131. The van der Waals surface area contributed by atoms with E-state index in [2.05, 4.69) is 10.2 Å². The summed E-state index contributed by atoms with van der Waals surface area (Å²) in [6, 6.07) is 7.29. The van der Waals surface area contributed by atoms with Gasteiger partial charge in [-0.3, -0.25) is 9.69 Å². The maximum Gasteiger partial charge on any atom is 0.325 e. The molecule has 1 aromatic rings. The number of phenols is 1. The summed E-state index contributed by atoms with van der Waals surface area (Å²) < 4.78 is 0. The van der Waals surface area contributed by atoms with E-state index in [9.17, 15) is 14.7 Å². The van der Waals surface area contributed by atoms with Crippen LogP contribution in [0.25, 0.3) is 0 Å². The third-order valence-electron chi connectivity index (χ3n) is 6.29. The monoisotopic (exact) mass is 357 g/mol. The SMILES string of the molecule is O=C1NC2(CCCC2)C(=O)N1CCN1CCC(c2ccc(O)cc2)CC1. The van der Waals surface area contributed by atoms with E-state index >= 15 is 0 Å². The summed E-state index contributed by atoms with van der Waals surface area (Å²) in [6.07, 6.45) is 5.73. The number of nitrogens with zero attached hydrogens (tertiary/aromatic N) is 2. The van der Waals surface area contributed by atoms with Crippen LogP contribution in [0.3, 0.4) is 0 Å². The molecule has 0 unspecified atom stereocenters. The average Bonchev–Trinajstić information content (AvgIpc) is 3.21. The van der Waals surface area contributed by atoms with Crippen molar-refractivity contribution in [3.63, 3.8) is 0 Å². The van der Waals surface area contributed by atoms with Crippen LogP contribution in [0.15, 0.2) is 24.3 Å². The fourth-order valence-corrected chi connectivity index (χ4v) is 4.67. The van der Waals surface area contributed by atoms with Crippen LogP contribution in [0.2, 0.25) is 0 Å². The van der Waals surface area contributed by atoms with Crippen LogP contribution < -0.4 is 5.32 Å². The zero-order chi connectivity index (χ0) is 18.1. The smallest absolute Gasteiger partial charge is 0.325 e. The van der Waals surface area contributed by atoms with Crippen molar-refractivity contribution in [3.8, 4) is 5.75 Å². The highest BCUT2D eigenvalue weighted by molar-refractivity contribution is 6.07. The Bertz CT molecular complexity index is 674. The number of carbonyl (C=O) groups excluding carboxylic acids is 2. The Labute approximate surface area is 154 Å². The molecule has 3 aliphatic rings. The molecule has 6 heteroatoms. The first-order chi connectivity index (χ1) is 12.6. The van der Waals surface area contributed by atoms with Crippen LogP contribution in [0.4, 0.5) is 4.79 Å². The van der Waals surface area contributed by atoms with Gasteiger partial charge in [-0.05, 0) is 62.4 Å². The summed E-state index contributed by atoms with van der Waals surface area (Å²) in [7, 11) is 0. The number of hydrogen-bond acceptors (Lipinski definition) is 4. The van der Waals surface area contributed by atoms with E-state index in [0.717, 1.165) is 58.2 Å². The number of benzene rings is 1. The topological polar surface area (TPSA) is 72.9 Å². The lowest BCUT2D eigenvalue weighted by Gasteiger charge is -2.33. The first-order valence-electron chi connectivity index (χ1n) is 9.73. The minimum absolute atomic E-state index is 0.0148. The van der Waals surface area contributed by atoms with Crippen molar-refractivity contribution in [1.29, 1.82) is 0 Å². The number of urea groups is 1. The normalized spacial score (nSPS) is 23.8. The number of phenolic OH excluding ortho intramolecular Hbond substituents is 1. The summed E-state index contributed by atoms with van der Waals surface area (Å²) in [5, 5.41) is 12.4. The highest BCUT2D eigenvalue weighted by atomic mass is 16.3. The minimum Gasteiger partial charge on any atom is -0.508 e. The molecule has 3 amide bonds. The second-order valence-electron chi connectivity index (χ2n) is 7.88. The number of hydrogen-bond donors (Lipinski definition) is 2. The molecule has 1 aliphatic carbocycles. The molecule has 1 spiro atoms. The predicted molar refractivity (Wildman–Crippen MR) is 98.0 cm³/mol. The maximum atomic E-state index is 12.7. The van der Waals surface area contributed by atoms with E-state index in [0.29, 0.717) is 18.2 Å². The Morgan fingerprint density at radius 3 is 2.35 bits per heavy atom. The van der Waals surface area contributed by atoms with Gasteiger partial charge in [0.25, 0.3) is 5.91 Å². The Hall–Kier alpha value is -2.08. The average molecular weight is 357 g/mol. The molecule has 6 nitrogen and oxygen atoms in total. The molecule has 1 saturated carbocycles. The molecule has 26 heavy (non-hydrogen) atoms. The van der Waals surface area contributed by atoms with Gasteiger partial charge in [0.15, 0.2) is 0 Å². The van der Waals surface area contributed by atoms with Crippen molar-refractivity contribution >= 4 is 11.9 Å². The van der Waals surface area contributed by atoms with Gasteiger partial charge in [-0.15, -0.1) is 0 Å². The second kappa shape index (κ2) is 6.91. The fraction of sp³-hybridized carbons (Fsp3) is 0.600. The molecule has 0 aromatic heterocycles. The number of imide groups is 1.